The Hall–Kier alpha value is -1.35. The minimum atomic E-state index is 0.115. The van der Waals surface area contributed by atoms with E-state index in [-0.39, 0.29) is 5.91 Å². The summed E-state index contributed by atoms with van der Waals surface area (Å²) in [5.74, 6) is 0.115. The second-order valence-electron chi connectivity index (χ2n) is 4.00. The number of hydrogen-bond acceptors (Lipinski definition) is 2. The van der Waals surface area contributed by atoms with Crippen molar-refractivity contribution in [3.05, 3.63) is 35.4 Å². The van der Waals surface area contributed by atoms with Crippen LogP contribution in [0.4, 0.5) is 0 Å². The first kappa shape index (κ1) is 13.7. The molecular formula is C14H22N2O. The quantitative estimate of drug-likeness (QED) is 0.707. The number of rotatable bonds is 7. The van der Waals surface area contributed by atoms with E-state index in [1.165, 1.54) is 11.1 Å². The fraction of sp³-hybridized carbons (Fsp3) is 0.500. The fourth-order valence-electron chi connectivity index (χ4n) is 1.79. The second-order valence-corrected chi connectivity index (χ2v) is 4.00. The van der Waals surface area contributed by atoms with E-state index in [9.17, 15) is 4.79 Å². The average Bonchev–Trinajstić information content (AvgIpc) is 2.35. The summed E-state index contributed by atoms with van der Waals surface area (Å²) in [6, 6.07) is 8.41. The topological polar surface area (TPSA) is 41.1 Å². The Kier molecular flexibility index (Phi) is 6.33. The monoisotopic (exact) mass is 234 g/mol. The van der Waals surface area contributed by atoms with Crippen molar-refractivity contribution < 1.29 is 4.79 Å². The first-order valence-corrected chi connectivity index (χ1v) is 6.32. The van der Waals surface area contributed by atoms with Crippen molar-refractivity contribution in [3.8, 4) is 0 Å². The van der Waals surface area contributed by atoms with Crippen molar-refractivity contribution in [1.29, 1.82) is 0 Å². The third kappa shape index (κ3) is 5.00. The van der Waals surface area contributed by atoms with Crippen LogP contribution in [0.25, 0.3) is 0 Å². The SMILES string of the molecule is CCNC(=O)CCNCc1ccccc1CC. The Bertz CT molecular complexity index is 350. The molecule has 0 unspecified atom stereocenters. The summed E-state index contributed by atoms with van der Waals surface area (Å²) >= 11 is 0. The van der Waals surface area contributed by atoms with Crippen molar-refractivity contribution in [3.63, 3.8) is 0 Å². The van der Waals surface area contributed by atoms with Gasteiger partial charge in [0.15, 0.2) is 0 Å². The number of carbonyl (C=O) groups excluding carboxylic acids is 1. The zero-order valence-corrected chi connectivity index (χ0v) is 10.8. The maximum atomic E-state index is 11.2. The molecule has 1 rings (SSSR count). The van der Waals surface area contributed by atoms with Gasteiger partial charge in [-0.25, -0.2) is 0 Å². The third-order valence-corrected chi connectivity index (χ3v) is 2.72. The minimum absolute atomic E-state index is 0.115. The van der Waals surface area contributed by atoms with Crippen LogP contribution in [-0.4, -0.2) is 19.0 Å². The summed E-state index contributed by atoms with van der Waals surface area (Å²) in [4.78, 5) is 11.2. The van der Waals surface area contributed by atoms with E-state index in [1.807, 2.05) is 6.92 Å². The Labute approximate surface area is 104 Å². The Balaban J connectivity index is 2.28. The predicted molar refractivity (Wildman–Crippen MR) is 70.8 cm³/mol. The molecule has 3 heteroatoms. The number of benzene rings is 1. The lowest BCUT2D eigenvalue weighted by molar-refractivity contribution is -0.120. The molecule has 0 aliphatic heterocycles. The maximum Gasteiger partial charge on any atom is 0.221 e. The number of carbonyl (C=O) groups is 1. The van der Waals surface area contributed by atoms with Gasteiger partial charge < -0.3 is 10.6 Å². The second kappa shape index (κ2) is 7.85. The highest BCUT2D eigenvalue weighted by molar-refractivity contribution is 5.75. The lowest BCUT2D eigenvalue weighted by Gasteiger charge is -2.09. The number of hydrogen-bond donors (Lipinski definition) is 2. The van der Waals surface area contributed by atoms with E-state index in [1.54, 1.807) is 0 Å². The molecule has 0 fully saturated rings. The van der Waals surface area contributed by atoms with Crippen LogP contribution in [0.15, 0.2) is 24.3 Å². The molecular weight excluding hydrogens is 212 g/mol. The molecule has 2 N–H and O–H groups in total. The number of nitrogens with one attached hydrogen (secondary N) is 2. The molecule has 0 spiro atoms. The first-order valence-electron chi connectivity index (χ1n) is 6.32. The summed E-state index contributed by atoms with van der Waals surface area (Å²) in [5.41, 5.74) is 2.70. The van der Waals surface area contributed by atoms with Crippen LogP contribution in [0.2, 0.25) is 0 Å². The van der Waals surface area contributed by atoms with Crippen molar-refractivity contribution in [2.45, 2.75) is 33.2 Å². The molecule has 0 saturated carbocycles. The van der Waals surface area contributed by atoms with Crippen LogP contribution in [-0.2, 0) is 17.8 Å². The average molecular weight is 234 g/mol. The van der Waals surface area contributed by atoms with Gasteiger partial charge >= 0.3 is 0 Å². The van der Waals surface area contributed by atoms with Crippen LogP contribution >= 0.6 is 0 Å². The van der Waals surface area contributed by atoms with E-state index in [0.717, 1.165) is 19.5 Å². The lowest BCUT2D eigenvalue weighted by atomic mass is 10.1. The highest BCUT2D eigenvalue weighted by Crippen LogP contribution is 2.08. The van der Waals surface area contributed by atoms with Crippen LogP contribution in [0.1, 0.15) is 31.4 Å². The molecule has 0 radical (unpaired) electrons. The number of amides is 1. The van der Waals surface area contributed by atoms with Gasteiger partial charge in [0.2, 0.25) is 5.91 Å². The van der Waals surface area contributed by atoms with Gasteiger partial charge in [-0.1, -0.05) is 31.2 Å². The highest BCUT2D eigenvalue weighted by atomic mass is 16.1. The summed E-state index contributed by atoms with van der Waals surface area (Å²) in [5, 5.41) is 6.09. The van der Waals surface area contributed by atoms with Crippen molar-refractivity contribution >= 4 is 5.91 Å². The van der Waals surface area contributed by atoms with Gasteiger partial charge in [-0.3, -0.25) is 4.79 Å². The molecule has 0 aliphatic carbocycles. The van der Waals surface area contributed by atoms with E-state index >= 15 is 0 Å². The third-order valence-electron chi connectivity index (χ3n) is 2.72. The molecule has 0 aromatic heterocycles. The van der Waals surface area contributed by atoms with Crippen LogP contribution in [0.5, 0.6) is 0 Å². The Morgan fingerprint density at radius 3 is 2.53 bits per heavy atom. The largest absolute Gasteiger partial charge is 0.356 e. The molecule has 0 saturated heterocycles. The van der Waals surface area contributed by atoms with Crippen LogP contribution in [0.3, 0.4) is 0 Å². The van der Waals surface area contributed by atoms with Gasteiger partial charge in [0.1, 0.15) is 0 Å². The van der Waals surface area contributed by atoms with Gasteiger partial charge in [-0.2, -0.15) is 0 Å². The summed E-state index contributed by atoms with van der Waals surface area (Å²) in [6.07, 6.45) is 1.59. The maximum absolute atomic E-state index is 11.2. The normalized spacial score (nSPS) is 10.2. The molecule has 1 aromatic carbocycles. The molecule has 3 nitrogen and oxygen atoms in total. The molecule has 1 aromatic rings. The zero-order valence-electron chi connectivity index (χ0n) is 10.8. The zero-order chi connectivity index (χ0) is 12.5. The standard InChI is InChI=1S/C14H22N2O/c1-3-12-7-5-6-8-13(12)11-15-10-9-14(17)16-4-2/h5-8,15H,3-4,9-11H2,1-2H3,(H,16,17). The van der Waals surface area contributed by atoms with E-state index in [0.29, 0.717) is 13.0 Å². The smallest absolute Gasteiger partial charge is 0.221 e. The van der Waals surface area contributed by atoms with Crippen molar-refractivity contribution in [2.75, 3.05) is 13.1 Å². The van der Waals surface area contributed by atoms with E-state index < -0.39 is 0 Å². The van der Waals surface area contributed by atoms with Gasteiger partial charge in [-0.05, 0) is 24.5 Å². The molecule has 0 bridgehead atoms. The van der Waals surface area contributed by atoms with Crippen molar-refractivity contribution in [2.24, 2.45) is 0 Å². The predicted octanol–water partition coefficient (Wildman–Crippen LogP) is 1.86. The van der Waals surface area contributed by atoms with Gasteiger partial charge in [0.05, 0.1) is 0 Å². The Morgan fingerprint density at radius 1 is 1.18 bits per heavy atom. The molecule has 0 aliphatic rings. The molecule has 0 atom stereocenters. The van der Waals surface area contributed by atoms with Gasteiger partial charge in [0.25, 0.3) is 0 Å². The van der Waals surface area contributed by atoms with Gasteiger partial charge in [-0.15, -0.1) is 0 Å². The van der Waals surface area contributed by atoms with Crippen LogP contribution in [0, 0.1) is 0 Å². The summed E-state index contributed by atoms with van der Waals surface area (Å²) in [7, 11) is 0. The number of aryl methyl sites for hydroxylation is 1. The van der Waals surface area contributed by atoms with Crippen molar-refractivity contribution in [1.82, 2.24) is 10.6 Å². The van der Waals surface area contributed by atoms with Gasteiger partial charge in [0, 0.05) is 26.1 Å². The molecule has 0 heterocycles. The summed E-state index contributed by atoms with van der Waals surface area (Å²) < 4.78 is 0. The highest BCUT2D eigenvalue weighted by Gasteiger charge is 2.01. The summed E-state index contributed by atoms with van der Waals surface area (Å²) in [6.45, 7) is 6.36. The van der Waals surface area contributed by atoms with E-state index in [4.69, 9.17) is 0 Å². The minimum Gasteiger partial charge on any atom is -0.356 e. The Morgan fingerprint density at radius 2 is 1.88 bits per heavy atom. The lowest BCUT2D eigenvalue weighted by Crippen LogP contribution is -2.27. The fourth-order valence-corrected chi connectivity index (χ4v) is 1.79. The van der Waals surface area contributed by atoms with Crippen LogP contribution < -0.4 is 10.6 Å². The van der Waals surface area contributed by atoms with E-state index in [2.05, 4.69) is 41.8 Å². The molecule has 17 heavy (non-hydrogen) atoms. The molecule has 1 amide bonds. The first-order chi connectivity index (χ1) is 8.27. The molecule has 94 valence electrons.